The maximum absolute atomic E-state index is 4.56. The number of hydrogen-bond donors (Lipinski definition) is 1. The van der Waals surface area contributed by atoms with Crippen molar-refractivity contribution in [3.8, 4) is 0 Å². The van der Waals surface area contributed by atoms with E-state index in [0.717, 1.165) is 29.2 Å². The summed E-state index contributed by atoms with van der Waals surface area (Å²) in [6, 6.07) is 8.94. The number of rotatable bonds is 5. The number of benzene rings is 1. The summed E-state index contributed by atoms with van der Waals surface area (Å²) >= 11 is 0. The van der Waals surface area contributed by atoms with E-state index in [1.54, 1.807) is 4.68 Å². The minimum absolute atomic E-state index is 0.257. The van der Waals surface area contributed by atoms with Crippen molar-refractivity contribution in [2.45, 2.75) is 19.9 Å². The summed E-state index contributed by atoms with van der Waals surface area (Å²) in [7, 11) is 6.08. The molecular weight excluding hydrogens is 300 g/mol. The van der Waals surface area contributed by atoms with Crippen LogP contribution in [0.3, 0.4) is 0 Å². The zero-order valence-electron chi connectivity index (χ0n) is 14.9. The van der Waals surface area contributed by atoms with Gasteiger partial charge in [-0.25, -0.2) is 9.97 Å². The van der Waals surface area contributed by atoms with Gasteiger partial charge in [-0.1, -0.05) is 29.8 Å². The van der Waals surface area contributed by atoms with Crippen LogP contribution in [0.5, 0.6) is 0 Å². The van der Waals surface area contributed by atoms with Crippen LogP contribution in [0, 0.1) is 13.8 Å². The second kappa shape index (κ2) is 6.57. The zero-order valence-corrected chi connectivity index (χ0v) is 14.9. The Hall–Kier alpha value is -2.47. The molecular formula is C18H24N6. The first kappa shape index (κ1) is 16.4. The molecule has 1 unspecified atom stereocenters. The lowest BCUT2D eigenvalue weighted by atomic mass is 10.0. The van der Waals surface area contributed by atoms with Gasteiger partial charge in [-0.3, -0.25) is 4.68 Å². The first-order chi connectivity index (χ1) is 11.5. The summed E-state index contributed by atoms with van der Waals surface area (Å²) in [5, 5.41) is 8.73. The van der Waals surface area contributed by atoms with E-state index in [1.807, 2.05) is 20.2 Å². The highest BCUT2D eigenvalue weighted by atomic mass is 15.3. The highest BCUT2D eigenvalue weighted by Gasteiger charge is 2.16. The van der Waals surface area contributed by atoms with Gasteiger partial charge in [0.2, 0.25) is 0 Å². The molecule has 1 atom stereocenters. The number of fused-ring (bicyclic) bond motifs is 1. The molecule has 3 rings (SSSR count). The average molecular weight is 324 g/mol. The second-order valence-corrected chi connectivity index (χ2v) is 6.40. The minimum Gasteiger partial charge on any atom is -0.367 e. The van der Waals surface area contributed by atoms with Gasteiger partial charge in [-0.2, -0.15) is 5.10 Å². The molecule has 1 aromatic carbocycles. The highest BCUT2D eigenvalue weighted by Crippen LogP contribution is 2.23. The molecule has 0 fully saturated rings. The number of nitrogens with one attached hydrogen (secondary N) is 1. The largest absolute Gasteiger partial charge is 0.367 e. The number of likely N-dealkylation sites (N-methyl/N-ethyl adjacent to an activating group) is 1. The molecule has 0 aliphatic rings. The molecule has 0 saturated heterocycles. The predicted molar refractivity (Wildman–Crippen MR) is 97.1 cm³/mol. The lowest BCUT2D eigenvalue weighted by Gasteiger charge is -2.25. The van der Waals surface area contributed by atoms with Gasteiger partial charge in [0, 0.05) is 13.6 Å². The molecule has 0 spiro atoms. The third-order valence-corrected chi connectivity index (χ3v) is 4.25. The number of anilines is 1. The van der Waals surface area contributed by atoms with Crippen LogP contribution in [0.4, 0.5) is 5.82 Å². The topological polar surface area (TPSA) is 58.9 Å². The van der Waals surface area contributed by atoms with Crippen molar-refractivity contribution in [3.63, 3.8) is 0 Å². The van der Waals surface area contributed by atoms with Crippen molar-refractivity contribution in [1.29, 1.82) is 0 Å². The Labute approximate surface area is 142 Å². The van der Waals surface area contributed by atoms with Gasteiger partial charge in [-0.15, -0.1) is 0 Å². The second-order valence-electron chi connectivity index (χ2n) is 6.40. The molecule has 0 aliphatic carbocycles. The van der Waals surface area contributed by atoms with Crippen molar-refractivity contribution in [1.82, 2.24) is 24.6 Å². The van der Waals surface area contributed by atoms with E-state index in [1.165, 1.54) is 11.1 Å². The smallest absolute Gasteiger partial charge is 0.163 e. The van der Waals surface area contributed by atoms with Crippen molar-refractivity contribution in [2.24, 2.45) is 7.05 Å². The zero-order chi connectivity index (χ0) is 17.3. The fourth-order valence-corrected chi connectivity index (χ4v) is 2.85. The number of aryl methyl sites for hydroxylation is 3. The van der Waals surface area contributed by atoms with Crippen molar-refractivity contribution < 1.29 is 0 Å². The van der Waals surface area contributed by atoms with Crippen LogP contribution in [-0.4, -0.2) is 45.3 Å². The Bertz CT molecular complexity index is 835. The van der Waals surface area contributed by atoms with E-state index in [9.17, 15) is 0 Å². The third-order valence-electron chi connectivity index (χ3n) is 4.25. The molecule has 6 nitrogen and oxygen atoms in total. The van der Waals surface area contributed by atoms with E-state index in [-0.39, 0.29) is 6.04 Å². The van der Waals surface area contributed by atoms with Gasteiger partial charge in [0.1, 0.15) is 11.6 Å². The fourth-order valence-electron chi connectivity index (χ4n) is 2.85. The van der Waals surface area contributed by atoms with E-state index in [2.05, 4.69) is 70.6 Å². The van der Waals surface area contributed by atoms with Gasteiger partial charge in [0.15, 0.2) is 5.65 Å². The van der Waals surface area contributed by atoms with Gasteiger partial charge < -0.3 is 10.2 Å². The predicted octanol–water partition coefficient (Wildman–Crippen LogP) is 2.69. The van der Waals surface area contributed by atoms with Crippen LogP contribution in [0.1, 0.15) is 23.0 Å². The number of aromatic nitrogens is 4. The Morgan fingerprint density at radius 3 is 2.50 bits per heavy atom. The third kappa shape index (κ3) is 3.23. The minimum atomic E-state index is 0.257. The average Bonchev–Trinajstić information content (AvgIpc) is 2.90. The van der Waals surface area contributed by atoms with Gasteiger partial charge in [-0.05, 0) is 33.5 Å². The molecule has 126 valence electrons. The molecule has 2 heterocycles. The lowest BCUT2D eigenvalue weighted by molar-refractivity contribution is 0.311. The van der Waals surface area contributed by atoms with Crippen LogP contribution in [0.2, 0.25) is 0 Å². The SMILES string of the molecule is Cc1ccc(C(CNc2nc(C)nc3c2cnn3C)N(C)C)cc1. The summed E-state index contributed by atoms with van der Waals surface area (Å²) < 4.78 is 1.78. The summed E-state index contributed by atoms with van der Waals surface area (Å²) in [5.74, 6) is 1.58. The number of hydrogen-bond acceptors (Lipinski definition) is 5. The standard InChI is InChI=1S/C18H24N6/c1-12-6-8-14(9-7-12)16(23(3)4)11-19-17-15-10-20-24(5)18(15)22-13(2)21-17/h6-10,16H,11H2,1-5H3,(H,19,21,22). The summed E-state index contributed by atoms with van der Waals surface area (Å²) in [6.07, 6.45) is 1.81. The Morgan fingerprint density at radius 2 is 1.83 bits per heavy atom. The molecule has 0 amide bonds. The molecule has 0 saturated carbocycles. The maximum atomic E-state index is 4.56. The summed E-state index contributed by atoms with van der Waals surface area (Å²) in [5.41, 5.74) is 3.40. The van der Waals surface area contributed by atoms with E-state index >= 15 is 0 Å². The fraction of sp³-hybridized carbons (Fsp3) is 0.389. The molecule has 2 aromatic heterocycles. The molecule has 1 N–H and O–H groups in total. The molecule has 0 aliphatic heterocycles. The Morgan fingerprint density at radius 1 is 1.12 bits per heavy atom. The quantitative estimate of drug-likeness (QED) is 0.782. The van der Waals surface area contributed by atoms with Crippen molar-refractivity contribution in [2.75, 3.05) is 26.0 Å². The Balaban J connectivity index is 1.86. The summed E-state index contributed by atoms with van der Waals surface area (Å²) in [6.45, 7) is 4.77. The van der Waals surface area contributed by atoms with E-state index in [0.29, 0.717) is 0 Å². The van der Waals surface area contributed by atoms with Crippen molar-refractivity contribution in [3.05, 3.63) is 47.4 Å². The van der Waals surface area contributed by atoms with Crippen LogP contribution in [0.15, 0.2) is 30.5 Å². The van der Waals surface area contributed by atoms with Gasteiger partial charge in [0.05, 0.1) is 17.6 Å². The van der Waals surface area contributed by atoms with Crippen LogP contribution in [-0.2, 0) is 7.05 Å². The number of nitrogens with zero attached hydrogens (tertiary/aromatic N) is 5. The Kier molecular flexibility index (Phi) is 4.49. The van der Waals surface area contributed by atoms with E-state index < -0.39 is 0 Å². The highest BCUT2D eigenvalue weighted by molar-refractivity contribution is 5.86. The lowest BCUT2D eigenvalue weighted by Crippen LogP contribution is -2.27. The van der Waals surface area contributed by atoms with Crippen LogP contribution < -0.4 is 5.32 Å². The first-order valence-electron chi connectivity index (χ1n) is 8.09. The molecule has 0 bridgehead atoms. The first-order valence-corrected chi connectivity index (χ1v) is 8.09. The maximum Gasteiger partial charge on any atom is 0.163 e. The summed E-state index contributed by atoms with van der Waals surface area (Å²) in [4.78, 5) is 11.2. The van der Waals surface area contributed by atoms with Crippen LogP contribution >= 0.6 is 0 Å². The van der Waals surface area contributed by atoms with E-state index in [4.69, 9.17) is 0 Å². The molecule has 24 heavy (non-hydrogen) atoms. The monoisotopic (exact) mass is 324 g/mol. The van der Waals surface area contributed by atoms with Gasteiger partial charge >= 0.3 is 0 Å². The normalized spacial score (nSPS) is 12.8. The molecule has 3 aromatic rings. The molecule has 6 heteroatoms. The molecule has 0 radical (unpaired) electrons. The van der Waals surface area contributed by atoms with Gasteiger partial charge in [0.25, 0.3) is 0 Å². The van der Waals surface area contributed by atoms with Crippen molar-refractivity contribution >= 4 is 16.9 Å². The van der Waals surface area contributed by atoms with Crippen LogP contribution in [0.25, 0.3) is 11.0 Å².